The maximum absolute atomic E-state index is 13.5. The number of halogens is 5. The van der Waals surface area contributed by atoms with Crippen LogP contribution in [0.2, 0.25) is 10.0 Å². The third kappa shape index (κ3) is 13.6. The van der Waals surface area contributed by atoms with E-state index in [0.717, 1.165) is 13.8 Å². The van der Waals surface area contributed by atoms with Crippen LogP contribution in [0.25, 0.3) is 0 Å². The highest BCUT2D eigenvalue weighted by Gasteiger charge is 2.27. The van der Waals surface area contributed by atoms with Gasteiger partial charge in [-0.2, -0.15) is 20.5 Å². The SMILES string of the molecule is COc1ccc(CCl)c(NC(=O)c2cc(N=NC(C(C)=O)C(=O)Nc3ccc(NC(=O)C(N=Nc4ccc(Cl)c(C(=O)Nc5cc(OC)ccc5CCl)c4)C(C)=O)c(C(C)Cl)c3)ccc2Cl)c1. The van der Waals surface area contributed by atoms with E-state index >= 15 is 0 Å². The number of rotatable bonds is 19. The third-order valence-electron chi connectivity index (χ3n) is 9.66. The number of amides is 4. The van der Waals surface area contributed by atoms with E-state index in [4.69, 9.17) is 67.5 Å². The van der Waals surface area contributed by atoms with Crippen LogP contribution in [0, 0.1) is 0 Å². The average molecular weight is 1010 g/mol. The van der Waals surface area contributed by atoms with Gasteiger partial charge in [0.25, 0.3) is 23.6 Å². The molecule has 0 aliphatic heterocycles. The van der Waals surface area contributed by atoms with Gasteiger partial charge in [-0.25, -0.2) is 0 Å². The fourth-order valence-electron chi connectivity index (χ4n) is 6.09. The molecule has 5 aromatic carbocycles. The van der Waals surface area contributed by atoms with Crippen LogP contribution in [-0.2, 0) is 30.9 Å². The van der Waals surface area contributed by atoms with Gasteiger partial charge in [0, 0.05) is 46.6 Å². The number of ketones is 2. The van der Waals surface area contributed by atoms with Gasteiger partial charge < -0.3 is 30.7 Å². The number of alkyl halides is 3. The molecule has 0 bridgehead atoms. The predicted octanol–water partition coefficient (Wildman–Crippen LogP) is 11.7. The first-order valence-electron chi connectivity index (χ1n) is 19.9. The second-order valence-corrected chi connectivity index (χ2v) is 16.4. The highest BCUT2D eigenvalue weighted by Crippen LogP contribution is 2.33. The van der Waals surface area contributed by atoms with Crippen LogP contribution in [0.4, 0.5) is 34.1 Å². The molecule has 0 saturated carbocycles. The zero-order chi connectivity index (χ0) is 48.9. The van der Waals surface area contributed by atoms with Crippen LogP contribution in [0.15, 0.2) is 111 Å². The van der Waals surface area contributed by atoms with Gasteiger partial charge in [-0.05, 0) is 104 Å². The Morgan fingerprint density at radius 3 is 1.42 bits per heavy atom. The Bertz CT molecular complexity index is 2790. The maximum Gasteiger partial charge on any atom is 0.258 e. The van der Waals surface area contributed by atoms with Gasteiger partial charge in [-0.15, -0.1) is 34.8 Å². The number of Topliss-reactive ketones (excluding diaryl/α,β-unsaturated/α-hetero) is 2. The maximum atomic E-state index is 13.5. The number of carbonyl (C=O) groups excluding carboxylic acids is 6. The van der Waals surface area contributed by atoms with Crippen LogP contribution >= 0.6 is 58.0 Å². The molecule has 0 heterocycles. The fraction of sp³-hybridized carbons (Fsp3) is 0.217. The summed E-state index contributed by atoms with van der Waals surface area (Å²) in [6.45, 7) is 3.92. The Morgan fingerprint density at radius 2 is 1.01 bits per heavy atom. The first kappa shape index (κ1) is 51.6. The van der Waals surface area contributed by atoms with Crippen molar-refractivity contribution < 1.29 is 38.2 Å². The standard InChI is InChI=1S/C46H41Cl5N8O8/c1-23(49)33-16-28(52-45(64)41(24(2)60)58-56-29-8-13-36(50)34(17-29)43(62)54-39-19-31(66-4)11-6-26(39)21-47)10-15-38(33)53-46(65)42(25(3)61)59-57-30-9-14-37(51)35(18-30)44(63)55-40-20-32(67-5)12-7-27(40)22-48/h6-20,23,41-42H,21-22H2,1-5H3,(H,52,64)(H,53,65)(H,54,62)(H,55,63). The lowest BCUT2D eigenvalue weighted by Gasteiger charge is -2.17. The minimum Gasteiger partial charge on any atom is -0.497 e. The van der Waals surface area contributed by atoms with Crippen LogP contribution in [0.5, 0.6) is 11.5 Å². The van der Waals surface area contributed by atoms with E-state index in [1.165, 1.54) is 68.8 Å². The Labute approximate surface area is 409 Å². The van der Waals surface area contributed by atoms with Crippen molar-refractivity contribution >= 4 is 127 Å². The van der Waals surface area contributed by atoms with E-state index < -0.39 is 52.7 Å². The lowest BCUT2D eigenvalue weighted by Crippen LogP contribution is -2.32. The van der Waals surface area contributed by atoms with Crippen LogP contribution in [0.3, 0.4) is 0 Å². The van der Waals surface area contributed by atoms with Gasteiger partial charge >= 0.3 is 0 Å². The first-order chi connectivity index (χ1) is 32.0. The van der Waals surface area contributed by atoms with Crippen molar-refractivity contribution in [2.24, 2.45) is 20.5 Å². The summed E-state index contributed by atoms with van der Waals surface area (Å²) < 4.78 is 10.5. The van der Waals surface area contributed by atoms with Gasteiger partial charge in [0.2, 0.25) is 12.1 Å². The number of ether oxygens (including phenoxy) is 2. The zero-order valence-electron chi connectivity index (χ0n) is 36.3. The Hall–Kier alpha value is -6.43. The van der Waals surface area contributed by atoms with E-state index in [1.807, 2.05) is 0 Å². The van der Waals surface area contributed by atoms with Crippen molar-refractivity contribution in [1.82, 2.24) is 0 Å². The van der Waals surface area contributed by atoms with Crippen LogP contribution in [0.1, 0.15) is 63.6 Å². The van der Waals surface area contributed by atoms with Crippen molar-refractivity contribution in [1.29, 1.82) is 0 Å². The average Bonchev–Trinajstić information content (AvgIpc) is 3.30. The predicted molar refractivity (Wildman–Crippen MR) is 260 cm³/mol. The van der Waals surface area contributed by atoms with Gasteiger partial charge in [-0.3, -0.25) is 28.8 Å². The molecule has 348 valence electrons. The summed E-state index contributed by atoms with van der Waals surface area (Å²) in [5.41, 5.74) is 3.06. The molecule has 5 aromatic rings. The van der Waals surface area contributed by atoms with Gasteiger partial charge in [0.1, 0.15) is 11.5 Å². The molecule has 0 saturated heterocycles. The molecule has 3 unspecified atom stereocenters. The van der Waals surface area contributed by atoms with Gasteiger partial charge in [0.15, 0.2) is 11.6 Å². The summed E-state index contributed by atoms with van der Waals surface area (Å²) in [7, 11) is 2.97. The zero-order valence-corrected chi connectivity index (χ0v) is 40.0. The number of nitrogens with one attached hydrogen (secondary N) is 4. The normalized spacial score (nSPS) is 12.5. The topological polar surface area (TPSA) is 218 Å². The Balaban J connectivity index is 1.28. The number of methoxy groups -OCH3 is 2. The molecule has 21 heteroatoms. The van der Waals surface area contributed by atoms with E-state index in [-0.39, 0.29) is 55.7 Å². The van der Waals surface area contributed by atoms with E-state index in [2.05, 4.69) is 41.7 Å². The highest BCUT2D eigenvalue weighted by atomic mass is 35.5. The number of hydrogen-bond donors (Lipinski definition) is 4. The number of carbonyl (C=O) groups is 6. The molecular formula is C46H41Cl5N8O8. The van der Waals surface area contributed by atoms with Crippen LogP contribution in [-0.4, -0.2) is 61.5 Å². The number of benzene rings is 5. The smallest absolute Gasteiger partial charge is 0.258 e. The molecule has 4 N–H and O–H groups in total. The quantitative estimate of drug-likeness (QED) is 0.0353. The summed E-state index contributed by atoms with van der Waals surface area (Å²) in [6, 6.07) is 19.5. The van der Waals surface area contributed by atoms with Crippen molar-refractivity contribution in [3.63, 3.8) is 0 Å². The summed E-state index contributed by atoms with van der Waals surface area (Å²) in [6.07, 6.45) is 0. The summed E-state index contributed by atoms with van der Waals surface area (Å²) in [4.78, 5) is 78.9. The van der Waals surface area contributed by atoms with E-state index in [1.54, 1.807) is 43.3 Å². The van der Waals surface area contributed by atoms with Crippen molar-refractivity contribution in [2.45, 2.75) is 50.0 Å². The number of hydrogen-bond acceptors (Lipinski definition) is 12. The lowest BCUT2D eigenvalue weighted by atomic mass is 10.1. The molecule has 0 aromatic heterocycles. The molecule has 0 aliphatic rings. The number of nitrogens with zero attached hydrogens (tertiary/aromatic N) is 4. The first-order valence-corrected chi connectivity index (χ1v) is 22.1. The second kappa shape index (κ2) is 23.8. The summed E-state index contributed by atoms with van der Waals surface area (Å²) in [5.74, 6) is -2.97. The van der Waals surface area contributed by atoms with Crippen LogP contribution < -0.4 is 30.7 Å². The number of azo groups is 2. The largest absolute Gasteiger partial charge is 0.497 e. The molecule has 0 aliphatic carbocycles. The van der Waals surface area contributed by atoms with Gasteiger partial charge in [0.05, 0.1) is 52.1 Å². The Kier molecular flexibility index (Phi) is 18.3. The minimum atomic E-state index is -1.63. The number of anilines is 4. The molecule has 5 rings (SSSR count). The fourth-order valence-corrected chi connectivity index (χ4v) is 7.14. The van der Waals surface area contributed by atoms with Crippen molar-refractivity contribution in [2.75, 3.05) is 35.5 Å². The highest BCUT2D eigenvalue weighted by molar-refractivity contribution is 6.35. The molecule has 16 nitrogen and oxygen atoms in total. The molecule has 0 spiro atoms. The third-order valence-corrected chi connectivity index (χ3v) is 11.1. The summed E-state index contributed by atoms with van der Waals surface area (Å²) in [5, 5.41) is 26.3. The van der Waals surface area contributed by atoms with E-state index in [9.17, 15) is 28.8 Å². The van der Waals surface area contributed by atoms with E-state index in [0.29, 0.717) is 39.6 Å². The molecule has 0 fully saturated rings. The second-order valence-electron chi connectivity index (χ2n) is 14.4. The lowest BCUT2D eigenvalue weighted by molar-refractivity contribution is -0.127. The Morgan fingerprint density at radius 1 is 0.567 bits per heavy atom. The molecule has 67 heavy (non-hydrogen) atoms. The summed E-state index contributed by atoms with van der Waals surface area (Å²) >= 11 is 31.3. The molecule has 4 amide bonds. The van der Waals surface area contributed by atoms with Crippen molar-refractivity contribution in [3.05, 3.63) is 129 Å². The minimum absolute atomic E-state index is 0.0285. The molecular weight excluding hydrogens is 970 g/mol. The molecule has 3 atom stereocenters. The van der Waals surface area contributed by atoms with Gasteiger partial charge in [-0.1, -0.05) is 35.3 Å². The molecule has 0 radical (unpaired) electrons. The monoisotopic (exact) mass is 1010 g/mol. The van der Waals surface area contributed by atoms with Crippen molar-refractivity contribution in [3.8, 4) is 11.5 Å².